The van der Waals surface area contributed by atoms with Crippen molar-refractivity contribution in [3.63, 3.8) is 0 Å². The molecule has 0 aliphatic heterocycles. The van der Waals surface area contributed by atoms with Gasteiger partial charge in [0, 0.05) is 5.33 Å². The highest BCUT2D eigenvalue weighted by Crippen LogP contribution is 2.47. The zero-order chi connectivity index (χ0) is 14.8. The van der Waals surface area contributed by atoms with Gasteiger partial charge in [0.2, 0.25) is 0 Å². The third-order valence-corrected chi connectivity index (χ3v) is 6.27. The van der Waals surface area contributed by atoms with Gasteiger partial charge >= 0.3 is 0 Å². The third-order valence-electron chi connectivity index (χ3n) is 5.08. The summed E-state index contributed by atoms with van der Waals surface area (Å²) in [4.78, 5) is 0. The Bertz CT molecular complexity index is 439. The van der Waals surface area contributed by atoms with E-state index in [1.807, 2.05) is 12.1 Å². The maximum absolute atomic E-state index is 13.9. The molecule has 1 fully saturated rings. The van der Waals surface area contributed by atoms with Crippen molar-refractivity contribution in [1.82, 2.24) is 0 Å². The summed E-state index contributed by atoms with van der Waals surface area (Å²) in [5.41, 5.74) is 1.52. The van der Waals surface area contributed by atoms with Crippen LogP contribution < -0.4 is 0 Å². The van der Waals surface area contributed by atoms with Crippen LogP contribution in [0.25, 0.3) is 0 Å². The minimum absolute atomic E-state index is 0.0502. The Kier molecular flexibility index (Phi) is 4.94. The second-order valence-corrected chi connectivity index (χ2v) is 8.10. The van der Waals surface area contributed by atoms with E-state index < -0.39 is 0 Å². The molecule has 112 valence electrons. The average Bonchev–Trinajstić information content (AvgIpc) is 2.41. The summed E-state index contributed by atoms with van der Waals surface area (Å²) in [6.45, 7) is 7.03. The number of benzene rings is 1. The fourth-order valence-corrected chi connectivity index (χ4v) is 4.26. The van der Waals surface area contributed by atoms with E-state index >= 15 is 0 Å². The van der Waals surface area contributed by atoms with Gasteiger partial charge in [-0.1, -0.05) is 54.9 Å². The molecular weight excluding hydrogens is 315 g/mol. The molecule has 0 atom stereocenters. The van der Waals surface area contributed by atoms with Gasteiger partial charge in [0.05, 0.1) is 0 Å². The van der Waals surface area contributed by atoms with Gasteiger partial charge in [0.15, 0.2) is 0 Å². The van der Waals surface area contributed by atoms with Crippen LogP contribution in [0, 0.1) is 22.6 Å². The molecule has 1 aromatic rings. The zero-order valence-corrected chi connectivity index (χ0v) is 14.5. The predicted molar refractivity (Wildman–Crippen MR) is 87.7 cm³/mol. The lowest BCUT2D eigenvalue weighted by molar-refractivity contribution is 0.103. The molecule has 0 N–H and O–H groups in total. The summed E-state index contributed by atoms with van der Waals surface area (Å²) in [5.74, 6) is 0.751. The van der Waals surface area contributed by atoms with Crippen molar-refractivity contribution in [3.8, 4) is 0 Å². The number of alkyl halides is 1. The van der Waals surface area contributed by atoms with Crippen LogP contribution in [-0.2, 0) is 6.42 Å². The standard InChI is InChI=1S/C18H26BrF/c1-17(2,3)15-8-10-18(13-19,11-9-15)12-14-6-4-5-7-16(14)20/h4-7,15H,8-13H2,1-3H3. The third kappa shape index (κ3) is 3.63. The lowest BCUT2D eigenvalue weighted by Crippen LogP contribution is -2.35. The van der Waals surface area contributed by atoms with Gasteiger partial charge in [-0.05, 0) is 60.5 Å². The van der Waals surface area contributed by atoms with E-state index in [4.69, 9.17) is 0 Å². The maximum atomic E-state index is 13.9. The fourth-order valence-electron chi connectivity index (χ4n) is 3.50. The molecule has 0 saturated heterocycles. The first-order valence-corrected chi connectivity index (χ1v) is 8.78. The largest absolute Gasteiger partial charge is 0.207 e. The highest BCUT2D eigenvalue weighted by atomic mass is 79.9. The van der Waals surface area contributed by atoms with Gasteiger partial charge in [-0.3, -0.25) is 0 Å². The molecule has 0 spiro atoms. The molecule has 0 heterocycles. The second kappa shape index (κ2) is 6.17. The molecule has 0 unspecified atom stereocenters. The zero-order valence-electron chi connectivity index (χ0n) is 12.9. The molecule has 2 heteroatoms. The molecule has 1 aromatic carbocycles. The van der Waals surface area contributed by atoms with Crippen LogP contribution in [0.15, 0.2) is 24.3 Å². The van der Waals surface area contributed by atoms with Crippen LogP contribution in [-0.4, -0.2) is 5.33 Å². The van der Waals surface area contributed by atoms with Crippen LogP contribution >= 0.6 is 15.9 Å². The molecular formula is C18H26BrF. The van der Waals surface area contributed by atoms with Crippen LogP contribution in [0.5, 0.6) is 0 Å². The van der Waals surface area contributed by atoms with Crippen molar-refractivity contribution in [3.05, 3.63) is 35.6 Å². The molecule has 0 aromatic heterocycles. The molecule has 1 saturated carbocycles. The van der Waals surface area contributed by atoms with E-state index in [0.717, 1.165) is 23.2 Å². The molecule has 2 rings (SSSR count). The minimum atomic E-state index is -0.0502. The van der Waals surface area contributed by atoms with Crippen molar-refractivity contribution in [2.24, 2.45) is 16.7 Å². The van der Waals surface area contributed by atoms with Gasteiger partial charge in [-0.15, -0.1) is 0 Å². The van der Waals surface area contributed by atoms with E-state index in [9.17, 15) is 4.39 Å². The summed E-state index contributed by atoms with van der Waals surface area (Å²) in [6.07, 6.45) is 5.80. The van der Waals surface area contributed by atoms with Gasteiger partial charge in [-0.2, -0.15) is 0 Å². The molecule has 0 nitrogen and oxygen atoms in total. The number of rotatable bonds is 3. The van der Waals surface area contributed by atoms with E-state index in [2.05, 4.69) is 36.7 Å². The van der Waals surface area contributed by atoms with E-state index in [-0.39, 0.29) is 11.2 Å². The predicted octanol–water partition coefficient (Wildman–Crippen LogP) is 5.99. The van der Waals surface area contributed by atoms with Gasteiger partial charge in [0.1, 0.15) is 5.82 Å². The molecule has 0 radical (unpaired) electrons. The monoisotopic (exact) mass is 340 g/mol. The summed E-state index contributed by atoms with van der Waals surface area (Å²) in [5, 5.41) is 0.977. The van der Waals surface area contributed by atoms with Crippen molar-refractivity contribution in [2.75, 3.05) is 5.33 Å². The average molecular weight is 341 g/mol. The Morgan fingerprint density at radius 3 is 2.30 bits per heavy atom. The summed E-state index contributed by atoms with van der Waals surface area (Å²) < 4.78 is 13.9. The van der Waals surface area contributed by atoms with Gasteiger partial charge < -0.3 is 0 Å². The molecule has 20 heavy (non-hydrogen) atoms. The number of halogens is 2. The van der Waals surface area contributed by atoms with Crippen molar-refractivity contribution < 1.29 is 4.39 Å². The lowest BCUT2D eigenvalue weighted by Gasteiger charge is -2.43. The van der Waals surface area contributed by atoms with Crippen molar-refractivity contribution >= 4 is 15.9 Å². The first kappa shape index (κ1) is 16.0. The first-order chi connectivity index (χ1) is 9.36. The Hall–Kier alpha value is -0.370. The van der Waals surface area contributed by atoms with Gasteiger partial charge in [-0.25, -0.2) is 4.39 Å². The van der Waals surface area contributed by atoms with Gasteiger partial charge in [0.25, 0.3) is 0 Å². The Balaban J connectivity index is 2.08. The minimum Gasteiger partial charge on any atom is -0.207 e. The topological polar surface area (TPSA) is 0 Å². The molecule has 1 aliphatic rings. The Labute approximate surface area is 131 Å². The lowest BCUT2D eigenvalue weighted by atomic mass is 9.63. The molecule has 0 bridgehead atoms. The quantitative estimate of drug-likeness (QED) is 0.593. The highest BCUT2D eigenvalue weighted by Gasteiger charge is 2.38. The normalized spacial score (nSPS) is 27.6. The van der Waals surface area contributed by atoms with E-state index in [1.165, 1.54) is 25.7 Å². The highest BCUT2D eigenvalue weighted by molar-refractivity contribution is 9.09. The first-order valence-electron chi connectivity index (χ1n) is 7.66. The maximum Gasteiger partial charge on any atom is 0.126 e. The summed E-state index contributed by atoms with van der Waals surface area (Å²) in [7, 11) is 0. The Morgan fingerprint density at radius 1 is 1.20 bits per heavy atom. The SMILES string of the molecule is CC(C)(C)C1CCC(CBr)(Cc2ccccc2F)CC1. The van der Waals surface area contributed by atoms with Crippen LogP contribution in [0.2, 0.25) is 0 Å². The number of hydrogen-bond donors (Lipinski definition) is 0. The van der Waals surface area contributed by atoms with Crippen LogP contribution in [0.3, 0.4) is 0 Å². The smallest absolute Gasteiger partial charge is 0.126 e. The van der Waals surface area contributed by atoms with Crippen LogP contribution in [0.4, 0.5) is 4.39 Å². The molecule has 0 amide bonds. The molecule has 1 aliphatic carbocycles. The summed E-state index contributed by atoms with van der Waals surface area (Å²) in [6, 6.07) is 7.24. The van der Waals surface area contributed by atoms with Crippen molar-refractivity contribution in [1.29, 1.82) is 0 Å². The second-order valence-electron chi connectivity index (χ2n) is 7.54. The van der Waals surface area contributed by atoms with Crippen molar-refractivity contribution in [2.45, 2.75) is 52.9 Å². The van der Waals surface area contributed by atoms with Crippen LogP contribution in [0.1, 0.15) is 52.0 Å². The van der Waals surface area contributed by atoms with E-state index in [1.54, 1.807) is 12.1 Å². The Morgan fingerprint density at radius 2 is 1.80 bits per heavy atom. The van der Waals surface area contributed by atoms with E-state index in [0.29, 0.717) is 5.41 Å². The summed E-state index contributed by atoms with van der Waals surface area (Å²) >= 11 is 3.70. The fraction of sp³-hybridized carbons (Fsp3) is 0.667. The number of hydrogen-bond acceptors (Lipinski definition) is 0.